The quantitative estimate of drug-likeness (QED) is 0.673. The number of fused-ring (bicyclic) bond motifs is 3. The molecule has 3 rings (SSSR count). The Morgan fingerprint density at radius 2 is 1.94 bits per heavy atom. The largest absolute Gasteiger partial charge is 0.462 e. The number of esters is 1. The molecule has 0 aromatic heterocycles. The van der Waals surface area contributed by atoms with Gasteiger partial charge < -0.3 is 9.84 Å². The number of carbonyl (C=O) groups is 1. The van der Waals surface area contributed by atoms with Gasteiger partial charge in [-0.25, -0.2) is 0 Å². The molecular weight excluding hydrogens is 228 g/mol. The first-order valence-corrected chi connectivity index (χ1v) is 7.32. The fourth-order valence-electron chi connectivity index (χ4n) is 4.81. The Morgan fingerprint density at radius 3 is 2.67 bits per heavy atom. The molecule has 0 radical (unpaired) electrons. The van der Waals surface area contributed by atoms with Crippen molar-refractivity contribution < 1.29 is 14.6 Å². The van der Waals surface area contributed by atoms with Gasteiger partial charge in [-0.05, 0) is 37.0 Å². The molecule has 3 aliphatic rings. The van der Waals surface area contributed by atoms with Crippen molar-refractivity contribution in [3.8, 4) is 0 Å². The summed E-state index contributed by atoms with van der Waals surface area (Å²) in [7, 11) is 0. The maximum absolute atomic E-state index is 11.8. The SMILES string of the molecule is C[C@H]1[C@H]2[C@H]3OC(=O)[C@@H](C)[C@@H]3CC[C@@]2(C)CC[C@H]1O. The normalized spacial score (nSPS) is 55.7. The number of carbonyl (C=O) groups excluding carboxylic acids is 1. The van der Waals surface area contributed by atoms with E-state index in [1.807, 2.05) is 6.92 Å². The summed E-state index contributed by atoms with van der Waals surface area (Å²) in [5.41, 5.74) is 0.254. The molecule has 0 aromatic carbocycles. The van der Waals surface area contributed by atoms with Crippen molar-refractivity contribution in [1.29, 1.82) is 0 Å². The van der Waals surface area contributed by atoms with Crippen molar-refractivity contribution in [2.75, 3.05) is 0 Å². The zero-order chi connectivity index (χ0) is 13.1. The highest BCUT2D eigenvalue weighted by Crippen LogP contribution is 2.57. The van der Waals surface area contributed by atoms with E-state index in [1.54, 1.807) is 0 Å². The molecule has 0 unspecified atom stereocenters. The fourth-order valence-corrected chi connectivity index (χ4v) is 4.81. The van der Waals surface area contributed by atoms with E-state index in [2.05, 4.69) is 13.8 Å². The Morgan fingerprint density at radius 1 is 1.28 bits per heavy atom. The molecule has 2 aliphatic carbocycles. The molecule has 3 heteroatoms. The first-order valence-electron chi connectivity index (χ1n) is 7.32. The van der Waals surface area contributed by atoms with Crippen molar-refractivity contribution >= 4 is 5.97 Å². The molecule has 7 atom stereocenters. The van der Waals surface area contributed by atoms with Crippen molar-refractivity contribution in [1.82, 2.24) is 0 Å². The summed E-state index contributed by atoms with van der Waals surface area (Å²) >= 11 is 0. The molecule has 0 spiro atoms. The van der Waals surface area contributed by atoms with E-state index < -0.39 is 0 Å². The standard InChI is InChI=1S/C15H24O3/c1-8-10-4-6-15(3)7-5-11(16)9(2)12(15)13(10)18-14(8)17/h8-13,16H,4-7H2,1-3H3/t8-,9+,10-,11+,12-,13-,15-/m0/s1. The summed E-state index contributed by atoms with van der Waals surface area (Å²) in [6, 6.07) is 0. The van der Waals surface area contributed by atoms with Crippen LogP contribution >= 0.6 is 0 Å². The summed E-state index contributed by atoms with van der Waals surface area (Å²) in [6.07, 6.45) is 4.07. The lowest BCUT2D eigenvalue weighted by atomic mass is 9.53. The van der Waals surface area contributed by atoms with Gasteiger partial charge >= 0.3 is 5.97 Å². The average molecular weight is 252 g/mol. The van der Waals surface area contributed by atoms with Gasteiger partial charge in [0.2, 0.25) is 0 Å². The fraction of sp³-hybridized carbons (Fsp3) is 0.933. The van der Waals surface area contributed by atoms with E-state index in [0.717, 1.165) is 19.3 Å². The van der Waals surface area contributed by atoms with E-state index in [-0.39, 0.29) is 35.4 Å². The molecule has 18 heavy (non-hydrogen) atoms. The minimum Gasteiger partial charge on any atom is -0.462 e. The maximum atomic E-state index is 11.8. The molecule has 0 aromatic rings. The third-order valence-corrected chi connectivity index (χ3v) is 6.08. The van der Waals surface area contributed by atoms with Gasteiger partial charge in [0.1, 0.15) is 6.10 Å². The monoisotopic (exact) mass is 252 g/mol. The van der Waals surface area contributed by atoms with Crippen LogP contribution in [0.25, 0.3) is 0 Å². The molecule has 1 saturated heterocycles. The van der Waals surface area contributed by atoms with Gasteiger partial charge in [0.05, 0.1) is 12.0 Å². The highest BCUT2D eigenvalue weighted by Gasteiger charge is 2.58. The summed E-state index contributed by atoms with van der Waals surface area (Å²) in [5.74, 6) is 0.985. The van der Waals surface area contributed by atoms with Crippen LogP contribution < -0.4 is 0 Å². The predicted molar refractivity (Wildman–Crippen MR) is 67.8 cm³/mol. The number of hydrogen-bond acceptors (Lipinski definition) is 3. The maximum Gasteiger partial charge on any atom is 0.309 e. The number of aliphatic hydroxyl groups is 1. The molecule has 102 valence electrons. The zero-order valence-corrected chi connectivity index (χ0v) is 11.6. The first-order chi connectivity index (χ1) is 8.44. The lowest BCUT2D eigenvalue weighted by Crippen LogP contribution is -2.53. The third-order valence-electron chi connectivity index (χ3n) is 6.08. The zero-order valence-electron chi connectivity index (χ0n) is 11.6. The highest BCUT2D eigenvalue weighted by molar-refractivity contribution is 5.75. The van der Waals surface area contributed by atoms with E-state index in [9.17, 15) is 9.90 Å². The van der Waals surface area contributed by atoms with Crippen molar-refractivity contribution in [2.45, 2.75) is 58.7 Å². The molecular formula is C15H24O3. The molecule has 1 aliphatic heterocycles. The van der Waals surface area contributed by atoms with Crippen molar-refractivity contribution in [3.05, 3.63) is 0 Å². The summed E-state index contributed by atoms with van der Waals surface area (Å²) in [6.45, 7) is 6.46. The minimum absolute atomic E-state index is 0.0264. The van der Waals surface area contributed by atoms with Gasteiger partial charge in [0.25, 0.3) is 0 Å². The van der Waals surface area contributed by atoms with Crippen LogP contribution in [0.4, 0.5) is 0 Å². The Balaban J connectivity index is 1.93. The molecule has 0 amide bonds. The van der Waals surface area contributed by atoms with Crippen LogP contribution in [-0.4, -0.2) is 23.3 Å². The Labute approximate surface area is 109 Å². The lowest BCUT2D eigenvalue weighted by Gasteiger charge is -2.53. The van der Waals surface area contributed by atoms with Gasteiger partial charge in [0.15, 0.2) is 0 Å². The Bertz CT molecular complexity index is 367. The molecule has 0 bridgehead atoms. The van der Waals surface area contributed by atoms with Crippen LogP contribution in [0.1, 0.15) is 46.5 Å². The molecule has 1 N–H and O–H groups in total. The Hall–Kier alpha value is -0.570. The molecule has 2 saturated carbocycles. The van der Waals surface area contributed by atoms with Crippen molar-refractivity contribution in [3.63, 3.8) is 0 Å². The molecule has 1 heterocycles. The summed E-state index contributed by atoms with van der Waals surface area (Å²) in [4.78, 5) is 11.8. The van der Waals surface area contributed by atoms with Gasteiger partial charge in [-0.15, -0.1) is 0 Å². The van der Waals surface area contributed by atoms with Crippen molar-refractivity contribution in [2.24, 2.45) is 29.1 Å². The topological polar surface area (TPSA) is 46.5 Å². The Kier molecular flexibility index (Phi) is 2.74. The molecule has 3 nitrogen and oxygen atoms in total. The smallest absolute Gasteiger partial charge is 0.309 e. The third kappa shape index (κ3) is 1.56. The van der Waals surface area contributed by atoms with Gasteiger partial charge in [-0.1, -0.05) is 20.8 Å². The minimum atomic E-state index is -0.226. The van der Waals surface area contributed by atoms with Gasteiger partial charge in [0, 0.05) is 11.8 Å². The van der Waals surface area contributed by atoms with E-state index >= 15 is 0 Å². The number of hydrogen-bond donors (Lipinski definition) is 1. The first kappa shape index (κ1) is 12.5. The number of ether oxygens (including phenoxy) is 1. The molecule has 3 fully saturated rings. The summed E-state index contributed by atoms with van der Waals surface area (Å²) < 4.78 is 5.68. The van der Waals surface area contributed by atoms with Crippen LogP contribution in [0.15, 0.2) is 0 Å². The van der Waals surface area contributed by atoms with Gasteiger partial charge in [-0.2, -0.15) is 0 Å². The second-order valence-electron chi connectivity index (χ2n) is 7.04. The van der Waals surface area contributed by atoms with Crippen LogP contribution in [0.2, 0.25) is 0 Å². The lowest BCUT2D eigenvalue weighted by molar-refractivity contribution is -0.159. The second kappa shape index (κ2) is 3.96. The second-order valence-corrected chi connectivity index (χ2v) is 7.04. The van der Waals surface area contributed by atoms with Crippen LogP contribution in [-0.2, 0) is 9.53 Å². The van der Waals surface area contributed by atoms with E-state index in [1.165, 1.54) is 6.42 Å². The summed E-state index contributed by atoms with van der Waals surface area (Å²) in [5, 5.41) is 10.1. The highest BCUT2D eigenvalue weighted by atomic mass is 16.6. The van der Waals surface area contributed by atoms with Crippen LogP contribution in [0.5, 0.6) is 0 Å². The number of aliphatic hydroxyl groups excluding tert-OH is 1. The number of rotatable bonds is 0. The van der Waals surface area contributed by atoms with Crippen LogP contribution in [0, 0.1) is 29.1 Å². The average Bonchev–Trinajstić information content (AvgIpc) is 2.60. The van der Waals surface area contributed by atoms with E-state index in [4.69, 9.17) is 4.74 Å². The van der Waals surface area contributed by atoms with Crippen LogP contribution in [0.3, 0.4) is 0 Å². The van der Waals surface area contributed by atoms with E-state index in [0.29, 0.717) is 11.8 Å². The predicted octanol–water partition coefficient (Wildman–Crippen LogP) is 2.37. The van der Waals surface area contributed by atoms with Gasteiger partial charge in [-0.3, -0.25) is 4.79 Å².